The van der Waals surface area contributed by atoms with E-state index < -0.39 is 5.97 Å². The Morgan fingerprint density at radius 1 is 1.42 bits per heavy atom. The number of hydrogen-bond acceptors (Lipinski definition) is 2. The highest BCUT2D eigenvalue weighted by Crippen LogP contribution is 2.20. The first-order chi connectivity index (χ1) is 8.99. The van der Waals surface area contributed by atoms with Crippen molar-refractivity contribution >= 4 is 17.7 Å². The number of benzene rings is 1. The minimum Gasteiger partial charge on any atom is -0.478 e. The van der Waals surface area contributed by atoms with Gasteiger partial charge in [0.05, 0.1) is 5.56 Å². The molecule has 0 saturated carbocycles. The quantitative estimate of drug-likeness (QED) is 0.861. The van der Waals surface area contributed by atoms with Crippen LogP contribution in [0.4, 0.5) is 10.5 Å². The molecule has 1 atom stereocenters. The van der Waals surface area contributed by atoms with Gasteiger partial charge < -0.3 is 15.3 Å². The lowest BCUT2D eigenvalue weighted by Crippen LogP contribution is -2.37. The van der Waals surface area contributed by atoms with Gasteiger partial charge in [-0.05, 0) is 44.4 Å². The smallest absolute Gasteiger partial charge is 0.336 e. The Hall–Kier alpha value is -2.04. The Bertz CT molecular complexity index is 513. The first kappa shape index (κ1) is 13.4. The molecule has 5 nitrogen and oxygen atoms in total. The minimum absolute atomic E-state index is 0.162. The number of carbonyl (C=O) groups is 2. The Labute approximate surface area is 112 Å². The topological polar surface area (TPSA) is 69.6 Å². The maximum Gasteiger partial charge on any atom is 0.336 e. The molecular formula is C14H18N2O3. The van der Waals surface area contributed by atoms with E-state index in [1.165, 1.54) is 6.07 Å². The highest BCUT2D eigenvalue weighted by atomic mass is 16.4. The number of likely N-dealkylation sites (tertiary alicyclic amines) is 1. The molecule has 1 unspecified atom stereocenters. The molecule has 19 heavy (non-hydrogen) atoms. The van der Waals surface area contributed by atoms with E-state index in [1.807, 2.05) is 6.92 Å². The van der Waals surface area contributed by atoms with Crippen LogP contribution in [0.3, 0.4) is 0 Å². The van der Waals surface area contributed by atoms with E-state index in [0.29, 0.717) is 11.3 Å². The van der Waals surface area contributed by atoms with Gasteiger partial charge in [-0.25, -0.2) is 9.59 Å². The Kier molecular flexibility index (Phi) is 3.74. The van der Waals surface area contributed by atoms with Crippen LogP contribution in [-0.4, -0.2) is 34.6 Å². The number of urea groups is 1. The molecule has 2 rings (SSSR count). The molecule has 102 valence electrons. The number of aromatic carboxylic acids is 1. The minimum atomic E-state index is -0.983. The highest BCUT2D eigenvalue weighted by molar-refractivity contribution is 5.94. The third-order valence-electron chi connectivity index (χ3n) is 3.53. The van der Waals surface area contributed by atoms with Gasteiger partial charge in [0, 0.05) is 18.3 Å². The average molecular weight is 262 g/mol. The van der Waals surface area contributed by atoms with Crippen molar-refractivity contribution in [1.29, 1.82) is 0 Å². The number of carboxylic acids is 1. The van der Waals surface area contributed by atoms with Crippen molar-refractivity contribution in [3.63, 3.8) is 0 Å². The van der Waals surface area contributed by atoms with Crippen LogP contribution in [0.15, 0.2) is 18.2 Å². The van der Waals surface area contributed by atoms with Crippen LogP contribution in [0.25, 0.3) is 0 Å². The lowest BCUT2D eigenvalue weighted by molar-refractivity contribution is 0.0696. The summed E-state index contributed by atoms with van der Waals surface area (Å²) in [6, 6.07) is 5.00. The van der Waals surface area contributed by atoms with E-state index in [1.54, 1.807) is 24.0 Å². The van der Waals surface area contributed by atoms with Gasteiger partial charge in [-0.2, -0.15) is 0 Å². The van der Waals surface area contributed by atoms with E-state index in [2.05, 4.69) is 5.32 Å². The number of nitrogens with zero attached hydrogens (tertiary/aromatic N) is 1. The summed E-state index contributed by atoms with van der Waals surface area (Å²) in [6.07, 6.45) is 2.03. The lowest BCUT2D eigenvalue weighted by atomic mass is 10.1. The zero-order valence-electron chi connectivity index (χ0n) is 11.1. The van der Waals surface area contributed by atoms with Gasteiger partial charge in [-0.3, -0.25) is 0 Å². The van der Waals surface area contributed by atoms with Gasteiger partial charge in [0.15, 0.2) is 0 Å². The number of amides is 2. The van der Waals surface area contributed by atoms with Gasteiger partial charge in [-0.1, -0.05) is 6.07 Å². The molecule has 1 aromatic rings. The fraction of sp³-hybridized carbons (Fsp3) is 0.429. The van der Waals surface area contributed by atoms with Crippen LogP contribution < -0.4 is 5.32 Å². The summed E-state index contributed by atoms with van der Waals surface area (Å²) in [6.45, 7) is 4.51. The molecule has 1 aromatic carbocycles. The van der Waals surface area contributed by atoms with Crippen LogP contribution in [0.2, 0.25) is 0 Å². The summed E-state index contributed by atoms with van der Waals surface area (Å²) in [7, 11) is 0. The van der Waals surface area contributed by atoms with Gasteiger partial charge in [-0.15, -0.1) is 0 Å². The molecule has 1 aliphatic heterocycles. The van der Waals surface area contributed by atoms with Crippen molar-refractivity contribution in [1.82, 2.24) is 4.90 Å². The third kappa shape index (κ3) is 2.86. The lowest BCUT2D eigenvalue weighted by Gasteiger charge is -2.22. The number of hydrogen-bond donors (Lipinski definition) is 2. The van der Waals surface area contributed by atoms with Crippen molar-refractivity contribution in [3.8, 4) is 0 Å². The van der Waals surface area contributed by atoms with Crippen molar-refractivity contribution in [3.05, 3.63) is 29.3 Å². The monoisotopic (exact) mass is 262 g/mol. The van der Waals surface area contributed by atoms with E-state index >= 15 is 0 Å². The first-order valence-electron chi connectivity index (χ1n) is 6.40. The van der Waals surface area contributed by atoms with Crippen molar-refractivity contribution < 1.29 is 14.7 Å². The molecule has 5 heteroatoms. The highest BCUT2D eigenvalue weighted by Gasteiger charge is 2.25. The summed E-state index contributed by atoms with van der Waals surface area (Å²) in [5.74, 6) is -0.983. The molecule has 2 amide bonds. The molecule has 1 saturated heterocycles. The Balaban J connectivity index is 2.13. The van der Waals surface area contributed by atoms with E-state index in [9.17, 15) is 9.59 Å². The predicted molar refractivity (Wildman–Crippen MR) is 72.6 cm³/mol. The maximum absolute atomic E-state index is 12.1. The van der Waals surface area contributed by atoms with Crippen LogP contribution >= 0.6 is 0 Å². The molecule has 0 aromatic heterocycles. The number of carboxylic acid groups (broad SMARTS) is 1. The van der Waals surface area contributed by atoms with Crippen LogP contribution in [0, 0.1) is 6.92 Å². The second-order valence-electron chi connectivity index (χ2n) is 4.95. The zero-order valence-corrected chi connectivity index (χ0v) is 11.1. The molecule has 0 radical (unpaired) electrons. The molecule has 1 aliphatic rings. The summed E-state index contributed by atoms with van der Waals surface area (Å²) >= 11 is 0. The van der Waals surface area contributed by atoms with Gasteiger partial charge >= 0.3 is 12.0 Å². The van der Waals surface area contributed by atoms with E-state index in [0.717, 1.165) is 19.4 Å². The number of anilines is 1. The van der Waals surface area contributed by atoms with Gasteiger partial charge in [0.1, 0.15) is 0 Å². The predicted octanol–water partition coefficient (Wildman–Crippen LogP) is 2.71. The molecule has 2 N–H and O–H groups in total. The number of rotatable bonds is 2. The fourth-order valence-electron chi connectivity index (χ4n) is 2.36. The first-order valence-corrected chi connectivity index (χ1v) is 6.40. The molecule has 1 fully saturated rings. The van der Waals surface area contributed by atoms with Crippen molar-refractivity contribution in [2.75, 3.05) is 11.9 Å². The number of aryl methyl sites for hydroxylation is 1. The number of nitrogens with one attached hydrogen (secondary N) is 1. The Morgan fingerprint density at radius 3 is 2.74 bits per heavy atom. The van der Waals surface area contributed by atoms with Crippen LogP contribution in [0.1, 0.15) is 35.7 Å². The van der Waals surface area contributed by atoms with Gasteiger partial charge in [0.2, 0.25) is 0 Å². The Morgan fingerprint density at radius 2 is 2.16 bits per heavy atom. The standard InChI is InChI=1S/C14H18N2O3/c1-9-5-6-11(8-12(9)13(17)18)15-14(19)16-7-3-4-10(16)2/h5-6,8,10H,3-4,7H2,1-2H3,(H,15,19)(H,17,18). The summed E-state index contributed by atoms with van der Waals surface area (Å²) < 4.78 is 0. The van der Waals surface area contributed by atoms with Crippen LogP contribution in [0.5, 0.6) is 0 Å². The molecule has 0 bridgehead atoms. The molecule has 1 heterocycles. The second kappa shape index (κ2) is 5.30. The van der Waals surface area contributed by atoms with Gasteiger partial charge in [0.25, 0.3) is 0 Å². The summed E-state index contributed by atoms with van der Waals surface area (Å²) in [4.78, 5) is 24.9. The largest absolute Gasteiger partial charge is 0.478 e. The second-order valence-corrected chi connectivity index (χ2v) is 4.95. The maximum atomic E-state index is 12.1. The van der Waals surface area contributed by atoms with E-state index in [4.69, 9.17) is 5.11 Å². The molecular weight excluding hydrogens is 244 g/mol. The van der Waals surface area contributed by atoms with Crippen molar-refractivity contribution in [2.45, 2.75) is 32.7 Å². The summed E-state index contributed by atoms with van der Waals surface area (Å²) in [5.41, 5.74) is 1.42. The zero-order chi connectivity index (χ0) is 14.0. The third-order valence-corrected chi connectivity index (χ3v) is 3.53. The number of carbonyl (C=O) groups excluding carboxylic acids is 1. The van der Waals surface area contributed by atoms with Crippen molar-refractivity contribution in [2.24, 2.45) is 0 Å². The average Bonchev–Trinajstić information content (AvgIpc) is 2.77. The SMILES string of the molecule is Cc1ccc(NC(=O)N2CCCC2C)cc1C(=O)O. The molecule has 0 aliphatic carbocycles. The van der Waals surface area contributed by atoms with Crippen LogP contribution in [-0.2, 0) is 0 Å². The molecule has 0 spiro atoms. The van der Waals surface area contributed by atoms with E-state index in [-0.39, 0.29) is 17.6 Å². The fourth-order valence-corrected chi connectivity index (χ4v) is 2.36. The summed E-state index contributed by atoms with van der Waals surface area (Å²) in [5, 5.41) is 11.8. The normalized spacial score (nSPS) is 18.4.